The lowest BCUT2D eigenvalue weighted by atomic mass is 10.2. The fraction of sp³-hybridized carbons (Fsp3) is 0.412. The number of hydrogen-bond acceptors (Lipinski definition) is 7. The molecule has 0 radical (unpaired) electrons. The number of aromatic nitrogens is 3. The molecule has 2 aromatic rings. The van der Waals surface area contributed by atoms with E-state index in [1.54, 1.807) is 25.6 Å². The van der Waals surface area contributed by atoms with Crippen LogP contribution in [0.15, 0.2) is 30.6 Å². The normalized spacial score (nSPS) is 14.2. The van der Waals surface area contributed by atoms with Crippen molar-refractivity contribution in [2.45, 2.75) is 13.0 Å². The number of rotatable bonds is 6. The molecule has 25 heavy (non-hydrogen) atoms. The lowest BCUT2D eigenvalue weighted by Gasteiger charge is -2.27. The van der Waals surface area contributed by atoms with Gasteiger partial charge in [-0.2, -0.15) is 4.98 Å². The summed E-state index contributed by atoms with van der Waals surface area (Å²) in [5.41, 5.74) is 1.60. The molecule has 8 heteroatoms. The van der Waals surface area contributed by atoms with E-state index in [0.717, 1.165) is 31.7 Å². The highest BCUT2D eigenvalue weighted by Gasteiger charge is 2.16. The summed E-state index contributed by atoms with van der Waals surface area (Å²) in [6, 6.07) is 5.47. The van der Waals surface area contributed by atoms with Crippen LogP contribution in [-0.2, 0) is 17.8 Å². The number of methoxy groups -OCH3 is 1. The quantitative estimate of drug-likeness (QED) is 0.772. The van der Waals surface area contributed by atoms with Gasteiger partial charge in [0, 0.05) is 51.2 Å². The molecule has 0 aromatic carbocycles. The van der Waals surface area contributed by atoms with Crippen LogP contribution in [0.5, 0.6) is 5.88 Å². The highest BCUT2D eigenvalue weighted by molar-refractivity contribution is 5.78. The average molecular weight is 342 g/mol. The summed E-state index contributed by atoms with van der Waals surface area (Å²) in [4.78, 5) is 27.3. The number of nitrogens with zero attached hydrogens (tertiary/aromatic N) is 4. The molecule has 2 N–H and O–H groups in total. The van der Waals surface area contributed by atoms with Crippen LogP contribution in [0.3, 0.4) is 0 Å². The topological polar surface area (TPSA) is 92.3 Å². The molecule has 1 aliphatic heterocycles. The van der Waals surface area contributed by atoms with Gasteiger partial charge in [-0.25, -0.2) is 4.98 Å². The number of pyridine rings is 1. The van der Waals surface area contributed by atoms with E-state index in [1.807, 2.05) is 12.1 Å². The first-order valence-corrected chi connectivity index (χ1v) is 8.28. The number of anilines is 1. The highest BCUT2D eigenvalue weighted by atomic mass is 16.5. The third kappa shape index (κ3) is 4.87. The van der Waals surface area contributed by atoms with Gasteiger partial charge in [0.25, 0.3) is 0 Å². The van der Waals surface area contributed by atoms with Crippen LogP contribution in [0.4, 0.5) is 5.95 Å². The van der Waals surface area contributed by atoms with Crippen LogP contribution < -0.4 is 20.3 Å². The van der Waals surface area contributed by atoms with Crippen LogP contribution in [0.1, 0.15) is 11.3 Å². The molecule has 0 atom stereocenters. The SMILES string of the molecule is COc1cc(CC(=O)NCc2cccnc2)nc(N2CCNCC2)n1. The minimum Gasteiger partial charge on any atom is -0.481 e. The predicted octanol–water partition coefficient (Wildman–Crippen LogP) is 0.149. The lowest BCUT2D eigenvalue weighted by molar-refractivity contribution is -0.120. The Morgan fingerprint density at radius 1 is 1.36 bits per heavy atom. The zero-order valence-corrected chi connectivity index (χ0v) is 14.2. The molecule has 0 unspecified atom stereocenters. The van der Waals surface area contributed by atoms with Gasteiger partial charge in [-0.1, -0.05) is 6.07 Å². The fourth-order valence-electron chi connectivity index (χ4n) is 2.59. The number of carbonyl (C=O) groups is 1. The maximum Gasteiger partial charge on any atom is 0.228 e. The van der Waals surface area contributed by atoms with Crippen molar-refractivity contribution in [1.82, 2.24) is 25.6 Å². The second-order valence-corrected chi connectivity index (χ2v) is 5.75. The summed E-state index contributed by atoms with van der Waals surface area (Å²) in [5.74, 6) is 0.977. The van der Waals surface area contributed by atoms with Gasteiger partial charge in [-0.3, -0.25) is 9.78 Å². The Hall–Kier alpha value is -2.74. The van der Waals surface area contributed by atoms with E-state index in [0.29, 0.717) is 24.1 Å². The standard InChI is InChI=1S/C17H22N6O2/c1-25-16-10-14(21-17(22-16)23-7-5-18-6-8-23)9-15(24)20-12-13-3-2-4-19-11-13/h2-4,10-11,18H,5-9,12H2,1H3,(H,20,24). The number of piperazine rings is 1. The van der Waals surface area contributed by atoms with E-state index in [4.69, 9.17) is 4.74 Å². The molecule has 0 saturated carbocycles. The Balaban J connectivity index is 1.65. The zero-order chi connectivity index (χ0) is 17.5. The number of amides is 1. The molecular formula is C17H22N6O2. The molecule has 0 bridgehead atoms. The van der Waals surface area contributed by atoms with Gasteiger partial charge in [0.1, 0.15) is 0 Å². The van der Waals surface area contributed by atoms with Crippen LogP contribution in [0.25, 0.3) is 0 Å². The van der Waals surface area contributed by atoms with Crippen molar-refractivity contribution in [2.75, 3.05) is 38.2 Å². The third-order valence-corrected chi connectivity index (χ3v) is 3.91. The van der Waals surface area contributed by atoms with Gasteiger partial charge >= 0.3 is 0 Å². The number of ether oxygens (including phenoxy) is 1. The van der Waals surface area contributed by atoms with Gasteiger partial charge in [0.15, 0.2) is 0 Å². The Labute approximate surface area is 146 Å². The second-order valence-electron chi connectivity index (χ2n) is 5.75. The number of hydrogen-bond donors (Lipinski definition) is 2. The van der Waals surface area contributed by atoms with Crippen molar-refractivity contribution in [1.29, 1.82) is 0 Å². The minimum atomic E-state index is -0.101. The lowest BCUT2D eigenvalue weighted by Crippen LogP contribution is -2.44. The zero-order valence-electron chi connectivity index (χ0n) is 14.2. The summed E-state index contributed by atoms with van der Waals surface area (Å²) in [7, 11) is 1.57. The number of carbonyl (C=O) groups excluding carboxylic acids is 1. The largest absolute Gasteiger partial charge is 0.481 e. The molecule has 1 saturated heterocycles. The average Bonchev–Trinajstić information content (AvgIpc) is 2.67. The third-order valence-electron chi connectivity index (χ3n) is 3.91. The summed E-state index contributed by atoms with van der Waals surface area (Å²) < 4.78 is 5.26. The Bertz CT molecular complexity index is 704. The molecule has 1 aliphatic rings. The fourth-order valence-corrected chi connectivity index (χ4v) is 2.59. The monoisotopic (exact) mass is 342 g/mol. The molecular weight excluding hydrogens is 320 g/mol. The summed E-state index contributed by atoms with van der Waals surface area (Å²) in [5, 5.41) is 6.17. The first-order chi connectivity index (χ1) is 12.2. The van der Waals surface area contributed by atoms with Crippen molar-refractivity contribution in [3.8, 4) is 5.88 Å². The Kier molecular flexibility index (Phi) is 5.73. The second kappa shape index (κ2) is 8.39. The Morgan fingerprint density at radius 2 is 2.20 bits per heavy atom. The van der Waals surface area contributed by atoms with Crippen molar-refractivity contribution >= 4 is 11.9 Å². The molecule has 0 spiro atoms. The predicted molar refractivity (Wildman–Crippen MR) is 93.5 cm³/mol. The van der Waals surface area contributed by atoms with E-state index in [2.05, 4.69) is 30.5 Å². The van der Waals surface area contributed by atoms with Gasteiger partial charge in [-0.05, 0) is 11.6 Å². The van der Waals surface area contributed by atoms with E-state index in [1.165, 1.54) is 0 Å². The van der Waals surface area contributed by atoms with Crippen LogP contribution in [0.2, 0.25) is 0 Å². The molecule has 8 nitrogen and oxygen atoms in total. The van der Waals surface area contributed by atoms with Crippen molar-refractivity contribution in [3.63, 3.8) is 0 Å². The molecule has 2 aromatic heterocycles. The van der Waals surface area contributed by atoms with Crippen LogP contribution >= 0.6 is 0 Å². The summed E-state index contributed by atoms with van der Waals surface area (Å²) in [6.45, 7) is 3.89. The van der Waals surface area contributed by atoms with Crippen LogP contribution in [-0.4, -0.2) is 54.1 Å². The molecule has 0 aliphatic carbocycles. The van der Waals surface area contributed by atoms with Crippen molar-refractivity contribution in [3.05, 3.63) is 41.9 Å². The van der Waals surface area contributed by atoms with E-state index < -0.39 is 0 Å². The molecule has 1 fully saturated rings. The van der Waals surface area contributed by atoms with E-state index in [-0.39, 0.29) is 12.3 Å². The molecule has 3 heterocycles. The summed E-state index contributed by atoms with van der Waals surface area (Å²) in [6.07, 6.45) is 3.62. The van der Waals surface area contributed by atoms with E-state index >= 15 is 0 Å². The molecule has 132 valence electrons. The first kappa shape index (κ1) is 17.1. The van der Waals surface area contributed by atoms with Gasteiger partial charge < -0.3 is 20.3 Å². The van der Waals surface area contributed by atoms with Gasteiger partial charge in [0.2, 0.25) is 17.7 Å². The van der Waals surface area contributed by atoms with Gasteiger partial charge in [0.05, 0.1) is 19.2 Å². The minimum absolute atomic E-state index is 0.101. The maximum absolute atomic E-state index is 12.2. The van der Waals surface area contributed by atoms with E-state index in [9.17, 15) is 4.79 Å². The highest BCUT2D eigenvalue weighted by Crippen LogP contribution is 2.16. The Morgan fingerprint density at radius 3 is 2.92 bits per heavy atom. The molecule has 1 amide bonds. The van der Waals surface area contributed by atoms with Crippen molar-refractivity contribution in [2.24, 2.45) is 0 Å². The number of nitrogens with one attached hydrogen (secondary N) is 2. The molecule has 3 rings (SSSR count). The smallest absolute Gasteiger partial charge is 0.228 e. The van der Waals surface area contributed by atoms with Crippen molar-refractivity contribution < 1.29 is 9.53 Å². The summed E-state index contributed by atoms with van der Waals surface area (Å²) >= 11 is 0. The van der Waals surface area contributed by atoms with Gasteiger partial charge in [-0.15, -0.1) is 0 Å². The maximum atomic E-state index is 12.2. The first-order valence-electron chi connectivity index (χ1n) is 8.28. The van der Waals surface area contributed by atoms with Crippen LogP contribution in [0, 0.1) is 0 Å².